The molecule has 1 aromatic carbocycles. The van der Waals surface area contributed by atoms with Gasteiger partial charge in [-0.1, -0.05) is 12.0 Å². The minimum absolute atomic E-state index is 0.886. The number of rotatable bonds is 1. The minimum Gasteiger partial charge on any atom is -0.106 e. The molecule has 1 rings (SSSR count). The van der Waals surface area contributed by atoms with Crippen LogP contribution >= 0.6 is 0 Å². The average molecular weight is 186 g/mol. The molecular weight excluding hydrogens is 168 g/mol. The predicted octanol–water partition coefficient (Wildman–Crippen LogP) is 3.49. The van der Waals surface area contributed by atoms with Crippen LogP contribution in [-0.4, -0.2) is 0 Å². The van der Waals surface area contributed by atoms with Gasteiger partial charge in [-0.05, 0) is 62.4 Å². The summed E-state index contributed by atoms with van der Waals surface area (Å²) in [6.07, 6.45) is 0.886. The van der Waals surface area contributed by atoms with Crippen molar-refractivity contribution in [1.29, 1.82) is 0 Å². The zero-order valence-corrected chi connectivity index (χ0v) is 9.78. The Hall–Kier alpha value is -1.22. The zero-order valence-electron chi connectivity index (χ0n) is 9.78. The van der Waals surface area contributed by atoms with Gasteiger partial charge in [0.15, 0.2) is 0 Å². The van der Waals surface area contributed by atoms with Gasteiger partial charge in [0.1, 0.15) is 0 Å². The summed E-state index contributed by atoms with van der Waals surface area (Å²) in [5.41, 5.74) is 6.96. The fourth-order valence-electron chi connectivity index (χ4n) is 1.74. The highest BCUT2D eigenvalue weighted by atomic mass is 14.1. The highest BCUT2D eigenvalue weighted by Gasteiger charge is 2.06. The Morgan fingerprint density at radius 2 is 1.50 bits per heavy atom. The Morgan fingerprint density at radius 1 is 1.00 bits per heavy atom. The van der Waals surface area contributed by atoms with Crippen molar-refractivity contribution in [3.05, 3.63) is 33.9 Å². The maximum absolute atomic E-state index is 3.15. The summed E-state index contributed by atoms with van der Waals surface area (Å²) < 4.78 is 0. The Labute approximate surface area is 87.4 Å². The summed E-state index contributed by atoms with van der Waals surface area (Å²) in [7, 11) is 0. The lowest BCUT2D eigenvalue weighted by Crippen LogP contribution is -1.98. The van der Waals surface area contributed by atoms with E-state index in [0.29, 0.717) is 0 Å². The van der Waals surface area contributed by atoms with E-state index in [9.17, 15) is 0 Å². The molecule has 0 heteroatoms. The quantitative estimate of drug-likeness (QED) is 0.589. The number of aryl methyl sites for hydroxylation is 2. The average Bonchev–Trinajstić information content (AvgIpc) is 2.15. The van der Waals surface area contributed by atoms with Crippen LogP contribution in [0.3, 0.4) is 0 Å². The fourth-order valence-corrected chi connectivity index (χ4v) is 1.74. The maximum atomic E-state index is 3.15. The number of hydrogen-bond acceptors (Lipinski definition) is 0. The first-order valence-electron chi connectivity index (χ1n) is 5.03. The molecule has 0 unspecified atom stereocenters. The van der Waals surface area contributed by atoms with Gasteiger partial charge in [0.25, 0.3) is 0 Å². The van der Waals surface area contributed by atoms with Gasteiger partial charge in [-0.2, -0.15) is 0 Å². The molecule has 0 saturated carbocycles. The van der Waals surface area contributed by atoms with Crippen LogP contribution in [0.25, 0.3) is 0 Å². The van der Waals surface area contributed by atoms with E-state index in [1.165, 1.54) is 27.8 Å². The summed E-state index contributed by atoms with van der Waals surface area (Å²) >= 11 is 0. The topological polar surface area (TPSA) is 0 Å². The number of hydrogen-bond donors (Lipinski definition) is 0. The normalized spacial score (nSPS) is 9.50. The largest absolute Gasteiger partial charge is 0.106 e. The Balaban J connectivity index is 3.29. The Kier molecular flexibility index (Phi) is 3.36. The van der Waals surface area contributed by atoms with E-state index in [4.69, 9.17) is 0 Å². The first kappa shape index (κ1) is 10.9. The summed E-state index contributed by atoms with van der Waals surface area (Å²) in [6, 6.07) is 2.26. The van der Waals surface area contributed by atoms with Crippen LogP contribution in [0.1, 0.15) is 34.7 Å². The molecule has 0 heterocycles. The van der Waals surface area contributed by atoms with Crippen LogP contribution in [0.4, 0.5) is 0 Å². The molecule has 0 spiro atoms. The highest BCUT2D eigenvalue weighted by Crippen LogP contribution is 2.21. The predicted molar refractivity (Wildman–Crippen MR) is 62.5 cm³/mol. The Morgan fingerprint density at radius 3 is 1.93 bits per heavy atom. The van der Waals surface area contributed by atoms with Crippen molar-refractivity contribution >= 4 is 0 Å². The molecule has 0 saturated heterocycles. The third-order valence-corrected chi connectivity index (χ3v) is 2.96. The van der Waals surface area contributed by atoms with Crippen molar-refractivity contribution in [3.63, 3.8) is 0 Å². The molecule has 0 aromatic heterocycles. The first-order chi connectivity index (χ1) is 6.57. The molecular formula is C14H18. The molecule has 0 fully saturated rings. The van der Waals surface area contributed by atoms with Crippen LogP contribution in [-0.2, 0) is 6.42 Å². The van der Waals surface area contributed by atoms with Gasteiger partial charge in [-0.15, -0.1) is 5.92 Å². The van der Waals surface area contributed by atoms with Crippen molar-refractivity contribution in [3.8, 4) is 11.8 Å². The molecule has 74 valence electrons. The van der Waals surface area contributed by atoms with Crippen molar-refractivity contribution in [2.24, 2.45) is 0 Å². The second-order valence-corrected chi connectivity index (χ2v) is 3.84. The standard InChI is InChI=1S/C14H18/c1-6-7-8-14-12(4)10(2)9-11(3)13(14)5/h9H,8H2,1-5H3. The molecule has 0 aliphatic rings. The summed E-state index contributed by atoms with van der Waals surface area (Å²) in [5, 5.41) is 0. The second-order valence-electron chi connectivity index (χ2n) is 3.84. The third kappa shape index (κ3) is 1.99. The molecule has 0 aliphatic carbocycles. The van der Waals surface area contributed by atoms with Crippen LogP contribution in [0.15, 0.2) is 6.07 Å². The van der Waals surface area contributed by atoms with Gasteiger partial charge >= 0.3 is 0 Å². The van der Waals surface area contributed by atoms with Gasteiger partial charge in [-0.25, -0.2) is 0 Å². The summed E-state index contributed by atoms with van der Waals surface area (Å²) in [5.74, 6) is 6.11. The van der Waals surface area contributed by atoms with Crippen LogP contribution in [0, 0.1) is 39.5 Å². The van der Waals surface area contributed by atoms with Gasteiger partial charge in [0.05, 0.1) is 0 Å². The SMILES string of the molecule is CC#CCc1c(C)c(C)cc(C)c1C. The van der Waals surface area contributed by atoms with E-state index in [-0.39, 0.29) is 0 Å². The smallest absolute Gasteiger partial charge is 0.0345 e. The van der Waals surface area contributed by atoms with E-state index in [0.717, 1.165) is 6.42 Å². The molecule has 0 aliphatic heterocycles. The van der Waals surface area contributed by atoms with Crippen molar-refractivity contribution in [2.75, 3.05) is 0 Å². The van der Waals surface area contributed by atoms with Crippen LogP contribution in [0.5, 0.6) is 0 Å². The van der Waals surface area contributed by atoms with Crippen molar-refractivity contribution in [2.45, 2.75) is 41.0 Å². The highest BCUT2D eigenvalue weighted by molar-refractivity contribution is 5.45. The monoisotopic (exact) mass is 186 g/mol. The summed E-state index contributed by atoms with van der Waals surface area (Å²) in [6.45, 7) is 10.6. The van der Waals surface area contributed by atoms with Gasteiger partial charge in [0, 0.05) is 6.42 Å². The van der Waals surface area contributed by atoms with Gasteiger partial charge < -0.3 is 0 Å². The van der Waals surface area contributed by atoms with Gasteiger partial charge in [0.2, 0.25) is 0 Å². The van der Waals surface area contributed by atoms with Gasteiger partial charge in [-0.3, -0.25) is 0 Å². The fraction of sp³-hybridized carbons (Fsp3) is 0.429. The lowest BCUT2D eigenvalue weighted by Gasteiger charge is -2.12. The molecule has 0 radical (unpaired) electrons. The summed E-state index contributed by atoms with van der Waals surface area (Å²) in [4.78, 5) is 0. The lowest BCUT2D eigenvalue weighted by molar-refractivity contribution is 1.13. The van der Waals surface area contributed by atoms with Crippen LogP contribution in [0.2, 0.25) is 0 Å². The molecule has 0 N–H and O–H groups in total. The van der Waals surface area contributed by atoms with E-state index in [1.807, 2.05) is 6.92 Å². The molecule has 0 bridgehead atoms. The third-order valence-electron chi connectivity index (χ3n) is 2.96. The minimum atomic E-state index is 0.886. The second kappa shape index (κ2) is 4.33. The molecule has 0 atom stereocenters. The zero-order chi connectivity index (χ0) is 10.7. The van der Waals surface area contributed by atoms with Crippen LogP contribution < -0.4 is 0 Å². The lowest BCUT2D eigenvalue weighted by atomic mass is 9.92. The maximum Gasteiger partial charge on any atom is 0.0345 e. The number of benzene rings is 1. The van der Waals surface area contributed by atoms with Crippen molar-refractivity contribution < 1.29 is 0 Å². The Bertz CT molecular complexity index is 374. The molecule has 14 heavy (non-hydrogen) atoms. The van der Waals surface area contributed by atoms with Crippen molar-refractivity contribution in [1.82, 2.24) is 0 Å². The van der Waals surface area contributed by atoms with E-state index in [2.05, 4.69) is 45.6 Å². The first-order valence-corrected chi connectivity index (χ1v) is 5.03. The van der Waals surface area contributed by atoms with E-state index in [1.54, 1.807) is 0 Å². The van der Waals surface area contributed by atoms with E-state index >= 15 is 0 Å². The molecule has 0 amide bonds. The van der Waals surface area contributed by atoms with E-state index < -0.39 is 0 Å². The molecule has 1 aromatic rings. The molecule has 0 nitrogen and oxygen atoms in total.